The number of fused-ring (bicyclic) bond motifs is 1. The normalized spacial score (nSPS) is 13.9. The molecule has 1 N–H and O–H groups in total. The lowest BCUT2D eigenvalue weighted by atomic mass is 10.2. The predicted octanol–water partition coefficient (Wildman–Crippen LogP) is 3.27. The zero-order valence-electron chi connectivity index (χ0n) is 16.2. The third kappa shape index (κ3) is 5.07. The topological polar surface area (TPSA) is 84.9 Å². The summed E-state index contributed by atoms with van der Waals surface area (Å²) in [5, 5.41) is 2.50. The van der Waals surface area contributed by atoms with Gasteiger partial charge in [-0.15, -0.1) is 0 Å². The molecule has 0 fully saturated rings. The van der Waals surface area contributed by atoms with Gasteiger partial charge >= 0.3 is 6.18 Å². The summed E-state index contributed by atoms with van der Waals surface area (Å²) >= 11 is 0. The first kappa shape index (κ1) is 22.8. The smallest absolute Gasteiger partial charge is 0.419 e. The van der Waals surface area contributed by atoms with Gasteiger partial charge in [-0.1, -0.05) is 6.92 Å². The predicted molar refractivity (Wildman–Crippen MR) is 102 cm³/mol. The van der Waals surface area contributed by atoms with Crippen LogP contribution in [-0.4, -0.2) is 44.9 Å². The van der Waals surface area contributed by atoms with E-state index in [1.165, 1.54) is 19.1 Å². The lowest BCUT2D eigenvalue weighted by Gasteiger charge is -2.21. The average molecular weight is 462 g/mol. The molecule has 0 saturated heterocycles. The largest absolute Gasteiger partial charge is 0.486 e. The fourth-order valence-electron chi connectivity index (χ4n) is 2.88. The molecule has 0 saturated carbocycles. The van der Waals surface area contributed by atoms with Crippen molar-refractivity contribution < 1.29 is 40.2 Å². The fraction of sp³-hybridized carbons (Fsp3) is 0.316. The van der Waals surface area contributed by atoms with E-state index in [1.807, 2.05) is 0 Å². The maximum atomic E-state index is 13.5. The highest BCUT2D eigenvalue weighted by molar-refractivity contribution is 7.89. The molecule has 12 heteroatoms. The third-order valence-corrected chi connectivity index (χ3v) is 6.30. The Balaban J connectivity index is 1.78. The van der Waals surface area contributed by atoms with Gasteiger partial charge in [-0.25, -0.2) is 12.8 Å². The lowest BCUT2D eigenvalue weighted by Crippen LogP contribution is -2.38. The van der Waals surface area contributed by atoms with Crippen LogP contribution in [0.1, 0.15) is 12.5 Å². The summed E-state index contributed by atoms with van der Waals surface area (Å²) in [6, 6.07) is 5.99. The number of carbonyl (C=O) groups is 1. The Hall–Kier alpha value is -2.86. The second kappa shape index (κ2) is 8.71. The van der Waals surface area contributed by atoms with E-state index in [0.29, 0.717) is 40.8 Å². The van der Waals surface area contributed by atoms with Crippen molar-refractivity contribution in [2.75, 3.05) is 31.6 Å². The summed E-state index contributed by atoms with van der Waals surface area (Å²) in [5.74, 6) is -1.40. The number of alkyl halides is 3. The molecule has 1 aliphatic rings. The number of sulfonamides is 1. The maximum Gasteiger partial charge on any atom is 0.419 e. The SMILES string of the molecule is CCN(CC(=O)Nc1ccc2c(c1)OCCO2)S(=O)(=O)c1ccc(F)c(C(F)(F)F)c1. The van der Waals surface area contributed by atoms with Crippen molar-refractivity contribution in [2.24, 2.45) is 0 Å². The van der Waals surface area contributed by atoms with Gasteiger partial charge in [0.15, 0.2) is 11.5 Å². The standard InChI is InChI=1S/C19H18F4N2O5S/c1-2-25(31(27,28)13-4-5-15(20)14(10-13)19(21,22)23)11-18(26)24-12-3-6-16-17(9-12)30-8-7-29-16/h3-6,9-10H,2,7-8,11H2,1H3,(H,24,26). The summed E-state index contributed by atoms with van der Waals surface area (Å²) < 4.78 is 89.3. The molecule has 1 aliphatic heterocycles. The van der Waals surface area contributed by atoms with Crippen molar-refractivity contribution in [3.8, 4) is 11.5 Å². The average Bonchev–Trinajstić information content (AvgIpc) is 2.71. The molecule has 0 unspecified atom stereocenters. The van der Waals surface area contributed by atoms with E-state index >= 15 is 0 Å². The van der Waals surface area contributed by atoms with Crippen molar-refractivity contribution >= 4 is 21.6 Å². The number of hydrogen-bond donors (Lipinski definition) is 1. The Bertz CT molecular complexity index is 1090. The summed E-state index contributed by atoms with van der Waals surface area (Å²) in [4.78, 5) is 11.6. The molecule has 2 aromatic rings. The Morgan fingerprint density at radius 3 is 2.42 bits per heavy atom. The lowest BCUT2D eigenvalue weighted by molar-refractivity contribution is -0.140. The molecule has 7 nitrogen and oxygen atoms in total. The van der Waals surface area contributed by atoms with E-state index in [9.17, 15) is 30.8 Å². The van der Waals surface area contributed by atoms with Gasteiger partial charge in [0.1, 0.15) is 19.0 Å². The molecule has 0 atom stereocenters. The van der Waals surface area contributed by atoms with Gasteiger partial charge in [-0.3, -0.25) is 4.79 Å². The quantitative estimate of drug-likeness (QED) is 0.667. The number of rotatable bonds is 6. The third-order valence-electron chi connectivity index (χ3n) is 4.38. The first-order valence-corrected chi connectivity index (χ1v) is 10.5. The number of halogens is 4. The van der Waals surface area contributed by atoms with Gasteiger partial charge in [0.05, 0.1) is 17.0 Å². The molecule has 0 aromatic heterocycles. The molecule has 0 aliphatic carbocycles. The zero-order valence-corrected chi connectivity index (χ0v) is 17.0. The van der Waals surface area contributed by atoms with E-state index in [1.54, 1.807) is 6.07 Å². The van der Waals surface area contributed by atoms with Gasteiger partial charge in [-0.2, -0.15) is 17.5 Å². The van der Waals surface area contributed by atoms with Crippen LogP contribution in [0.3, 0.4) is 0 Å². The summed E-state index contributed by atoms with van der Waals surface area (Å²) in [5.41, 5.74) is -1.38. The Morgan fingerprint density at radius 2 is 1.77 bits per heavy atom. The highest BCUT2D eigenvalue weighted by Crippen LogP contribution is 2.34. The maximum absolute atomic E-state index is 13.5. The Morgan fingerprint density at radius 1 is 1.10 bits per heavy atom. The fourth-order valence-corrected chi connectivity index (χ4v) is 4.31. The zero-order chi connectivity index (χ0) is 22.8. The Kier molecular flexibility index (Phi) is 6.41. The summed E-state index contributed by atoms with van der Waals surface area (Å²) in [6.45, 7) is 1.29. The van der Waals surface area contributed by atoms with E-state index in [-0.39, 0.29) is 12.6 Å². The van der Waals surface area contributed by atoms with Crippen LogP contribution in [0.4, 0.5) is 23.2 Å². The molecule has 3 rings (SSSR count). The van der Waals surface area contributed by atoms with Gasteiger partial charge < -0.3 is 14.8 Å². The van der Waals surface area contributed by atoms with Gasteiger partial charge in [0, 0.05) is 18.3 Å². The van der Waals surface area contributed by atoms with Crippen LogP contribution in [0, 0.1) is 5.82 Å². The van der Waals surface area contributed by atoms with Crippen LogP contribution < -0.4 is 14.8 Å². The second-order valence-electron chi connectivity index (χ2n) is 6.48. The van der Waals surface area contributed by atoms with E-state index in [4.69, 9.17) is 9.47 Å². The molecule has 0 bridgehead atoms. The van der Waals surface area contributed by atoms with Crippen molar-refractivity contribution in [1.29, 1.82) is 0 Å². The van der Waals surface area contributed by atoms with E-state index in [2.05, 4.69) is 5.32 Å². The molecule has 1 amide bonds. The number of nitrogens with zero attached hydrogens (tertiary/aromatic N) is 1. The highest BCUT2D eigenvalue weighted by Gasteiger charge is 2.36. The van der Waals surface area contributed by atoms with Crippen LogP contribution in [0.5, 0.6) is 11.5 Å². The van der Waals surface area contributed by atoms with E-state index < -0.39 is 44.9 Å². The van der Waals surface area contributed by atoms with Gasteiger partial charge in [0.2, 0.25) is 15.9 Å². The van der Waals surface area contributed by atoms with Crippen LogP contribution in [0.25, 0.3) is 0 Å². The van der Waals surface area contributed by atoms with Crippen LogP contribution >= 0.6 is 0 Å². The molecule has 0 spiro atoms. The minimum atomic E-state index is -5.07. The minimum Gasteiger partial charge on any atom is -0.486 e. The van der Waals surface area contributed by atoms with Crippen molar-refractivity contribution in [1.82, 2.24) is 4.31 Å². The minimum absolute atomic E-state index is 0.199. The van der Waals surface area contributed by atoms with Gasteiger partial charge in [-0.05, 0) is 30.3 Å². The van der Waals surface area contributed by atoms with E-state index in [0.717, 1.165) is 6.07 Å². The highest BCUT2D eigenvalue weighted by atomic mass is 32.2. The Labute approximate surface area is 175 Å². The second-order valence-corrected chi connectivity index (χ2v) is 8.42. The number of anilines is 1. The molecular formula is C19H18F4N2O5S. The van der Waals surface area contributed by atoms with Crippen LogP contribution in [0.15, 0.2) is 41.3 Å². The number of amides is 1. The van der Waals surface area contributed by atoms with Crippen LogP contribution in [-0.2, 0) is 21.0 Å². The summed E-state index contributed by atoms with van der Waals surface area (Å²) in [6.07, 6.45) is -5.07. The molecular weight excluding hydrogens is 444 g/mol. The monoisotopic (exact) mass is 462 g/mol. The first-order valence-electron chi connectivity index (χ1n) is 9.08. The number of likely N-dealkylation sites (N-methyl/N-ethyl adjacent to an activating group) is 1. The van der Waals surface area contributed by atoms with Crippen LogP contribution in [0.2, 0.25) is 0 Å². The molecule has 1 heterocycles. The van der Waals surface area contributed by atoms with Crippen molar-refractivity contribution in [3.63, 3.8) is 0 Å². The first-order chi connectivity index (χ1) is 14.5. The number of carbonyl (C=O) groups excluding carboxylic acids is 1. The van der Waals surface area contributed by atoms with Crippen molar-refractivity contribution in [2.45, 2.75) is 18.0 Å². The van der Waals surface area contributed by atoms with Crippen molar-refractivity contribution in [3.05, 3.63) is 47.8 Å². The number of nitrogens with one attached hydrogen (secondary N) is 1. The molecule has 0 radical (unpaired) electrons. The van der Waals surface area contributed by atoms with Gasteiger partial charge in [0.25, 0.3) is 0 Å². The number of benzene rings is 2. The number of hydrogen-bond acceptors (Lipinski definition) is 5. The molecule has 2 aromatic carbocycles. The number of ether oxygens (including phenoxy) is 2. The molecule has 168 valence electrons. The molecule has 31 heavy (non-hydrogen) atoms. The summed E-state index contributed by atoms with van der Waals surface area (Å²) in [7, 11) is -4.49.